The molecular weight excluding hydrogens is 420 g/mol. The molecule has 0 atom stereocenters. The molecule has 9 heteroatoms. The first-order valence-corrected chi connectivity index (χ1v) is 10.0. The molecule has 1 aliphatic rings. The highest BCUT2D eigenvalue weighted by atomic mass is 35.5. The van der Waals surface area contributed by atoms with E-state index in [0.717, 1.165) is 11.1 Å². The van der Waals surface area contributed by atoms with Gasteiger partial charge in [0.15, 0.2) is 0 Å². The average molecular weight is 439 g/mol. The van der Waals surface area contributed by atoms with Crippen LogP contribution in [0.25, 0.3) is 22.6 Å². The number of fused-ring (bicyclic) bond motifs is 2. The molecule has 0 aliphatic carbocycles. The van der Waals surface area contributed by atoms with Crippen LogP contribution < -0.4 is 16.4 Å². The Bertz CT molecular complexity index is 1300. The van der Waals surface area contributed by atoms with Crippen molar-refractivity contribution in [3.63, 3.8) is 0 Å². The molecule has 0 saturated carbocycles. The number of carbonyl (C=O) groups is 2. The Labute approximate surface area is 182 Å². The molecule has 1 aromatic heterocycles. The van der Waals surface area contributed by atoms with Crippen molar-refractivity contribution in [2.45, 2.75) is 19.9 Å². The number of hydrogen-bond acceptors (Lipinski definition) is 6. The van der Waals surface area contributed by atoms with Crippen molar-refractivity contribution in [3.8, 4) is 0 Å². The number of rotatable bonds is 3. The summed E-state index contributed by atoms with van der Waals surface area (Å²) in [5, 5.41) is 1.68. The van der Waals surface area contributed by atoms with Crippen LogP contribution in [0.15, 0.2) is 47.3 Å². The maximum Gasteiger partial charge on any atom is 0.398 e. The minimum Gasteiger partial charge on any atom is -0.459 e. The van der Waals surface area contributed by atoms with Gasteiger partial charge in [-0.15, -0.1) is 0 Å². The van der Waals surface area contributed by atoms with Gasteiger partial charge in [-0.05, 0) is 54.8 Å². The molecule has 2 N–H and O–H groups in total. The molecule has 0 unspecified atom stereocenters. The van der Waals surface area contributed by atoms with E-state index >= 15 is 0 Å². The first kappa shape index (κ1) is 20.8. The summed E-state index contributed by atoms with van der Waals surface area (Å²) in [6.07, 6.45) is 2.56. The SMILES string of the molecule is CCOC(=O)C(=O)N(N)c1ccc2c(=O)n3c(nc2c1)C(=Cc1ccccc1Cl)CC3. The van der Waals surface area contributed by atoms with Crippen molar-refractivity contribution in [3.05, 3.63) is 69.2 Å². The molecule has 31 heavy (non-hydrogen) atoms. The van der Waals surface area contributed by atoms with Gasteiger partial charge in [0.2, 0.25) is 0 Å². The van der Waals surface area contributed by atoms with Crippen LogP contribution in [0.3, 0.4) is 0 Å². The van der Waals surface area contributed by atoms with Crippen LogP contribution in [0.2, 0.25) is 5.02 Å². The Balaban J connectivity index is 1.77. The van der Waals surface area contributed by atoms with Crippen molar-refractivity contribution in [1.82, 2.24) is 9.55 Å². The molecule has 2 heterocycles. The molecule has 0 radical (unpaired) electrons. The molecule has 0 bridgehead atoms. The smallest absolute Gasteiger partial charge is 0.398 e. The van der Waals surface area contributed by atoms with E-state index in [2.05, 4.69) is 4.98 Å². The van der Waals surface area contributed by atoms with Gasteiger partial charge >= 0.3 is 11.9 Å². The lowest BCUT2D eigenvalue weighted by molar-refractivity contribution is -0.153. The number of benzene rings is 2. The number of halogens is 1. The minimum atomic E-state index is -1.06. The normalized spacial score (nSPS) is 14.0. The summed E-state index contributed by atoms with van der Waals surface area (Å²) in [6, 6.07) is 12.0. The lowest BCUT2D eigenvalue weighted by atomic mass is 10.1. The molecule has 0 saturated heterocycles. The first-order chi connectivity index (χ1) is 14.9. The Kier molecular flexibility index (Phi) is 5.58. The Hall–Kier alpha value is -3.49. The van der Waals surface area contributed by atoms with Crippen LogP contribution in [0, 0.1) is 0 Å². The molecular formula is C22H19ClN4O4. The number of anilines is 1. The molecule has 4 rings (SSSR count). The third-order valence-corrected chi connectivity index (χ3v) is 5.36. The molecule has 158 valence electrons. The van der Waals surface area contributed by atoms with Crippen LogP contribution in [-0.2, 0) is 20.9 Å². The largest absolute Gasteiger partial charge is 0.459 e. The van der Waals surface area contributed by atoms with E-state index in [1.165, 1.54) is 12.1 Å². The highest BCUT2D eigenvalue weighted by molar-refractivity contribution is 6.37. The van der Waals surface area contributed by atoms with Gasteiger partial charge in [-0.2, -0.15) is 0 Å². The maximum absolute atomic E-state index is 13.0. The number of allylic oxidation sites excluding steroid dienone is 1. The van der Waals surface area contributed by atoms with Gasteiger partial charge in [0.05, 0.1) is 23.2 Å². The number of carbonyl (C=O) groups excluding carboxylic acids is 2. The van der Waals surface area contributed by atoms with Gasteiger partial charge in [-0.3, -0.25) is 14.2 Å². The van der Waals surface area contributed by atoms with E-state index in [4.69, 9.17) is 22.2 Å². The standard InChI is InChI=1S/C22H19ClN4O4/c1-2-31-22(30)21(29)27(24)15-7-8-16-18(12-15)25-19-14(9-10-26(19)20(16)28)11-13-5-3-4-6-17(13)23/h3-8,11-12H,2,9-10,24H2,1H3. The van der Waals surface area contributed by atoms with E-state index in [-0.39, 0.29) is 17.9 Å². The first-order valence-electron chi connectivity index (χ1n) is 9.66. The van der Waals surface area contributed by atoms with Crippen molar-refractivity contribution in [1.29, 1.82) is 0 Å². The van der Waals surface area contributed by atoms with Crippen molar-refractivity contribution in [2.24, 2.45) is 5.84 Å². The molecule has 3 aromatic rings. The maximum atomic E-state index is 13.0. The van der Waals surface area contributed by atoms with Crippen molar-refractivity contribution in [2.75, 3.05) is 11.6 Å². The number of amides is 1. The van der Waals surface area contributed by atoms with Gasteiger partial charge in [0.25, 0.3) is 5.56 Å². The zero-order chi connectivity index (χ0) is 22.1. The van der Waals surface area contributed by atoms with E-state index in [9.17, 15) is 14.4 Å². The number of aromatic nitrogens is 2. The summed E-state index contributed by atoms with van der Waals surface area (Å²) in [7, 11) is 0. The van der Waals surface area contributed by atoms with Crippen LogP contribution >= 0.6 is 11.6 Å². The van der Waals surface area contributed by atoms with Gasteiger partial charge < -0.3 is 4.74 Å². The molecule has 2 aromatic carbocycles. The number of ether oxygens (including phenoxy) is 1. The highest BCUT2D eigenvalue weighted by Gasteiger charge is 2.24. The van der Waals surface area contributed by atoms with E-state index in [0.29, 0.717) is 39.7 Å². The van der Waals surface area contributed by atoms with Crippen LogP contribution in [0.5, 0.6) is 0 Å². The number of hydrogen-bond donors (Lipinski definition) is 1. The van der Waals surface area contributed by atoms with E-state index in [1.807, 2.05) is 24.3 Å². The molecule has 1 amide bonds. The number of nitrogens with two attached hydrogens (primary N) is 1. The zero-order valence-corrected chi connectivity index (χ0v) is 17.4. The summed E-state index contributed by atoms with van der Waals surface area (Å²) in [6.45, 7) is 2.16. The summed E-state index contributed by atoms with van der Waals surface area (Å²) in [5.41, 5.74) is 2.12. The predicted octanol–water partition coefficient (Wildman–Crippen LogP) is 2.76. The topological polar surface area (TPSA) is 108 Å². The van der Waals surface area contributed by atoms with Gasteiger partial charge in [0, 0.05) is 11.6 Å². The molecule has 0 fully saturated rings. The summed E-state index contributed by atoms with van der Waals surface area (Å²) in [4.78, 5) is 41.4. The summed E-state index contributed by atoms with van der Waals surface area (Å²) < 4.78 is 6.32. The van der Waals surface area contributed by atoms with E-state index in [1.54, 1.807) is 23.6 Å². The van der Waals surface area contributed by atoms with Crippen molar-refractivity contribution < 1.29 is 14.3 Å². The average Bonchev–Trinajstić information content (AvgIpc) is 3.17. The summed E-state index contributed by atoms with van der Waals surface area (Å²) in [5.74, 6) is 4.27. The number of esters is 1. The summed E-state index contributed by atoms with van der Waals surface area (Å²) >= 11 is 6.27. The second kappa shape index (κ2) is 8.33. The zero-order valence-electron chi connectivity index (χ0n) is 16.7. The second-order valence-corrected chi connectivity index (χ2v) is 7.34. The monoisotopic (exact) mass is 438 g/mol. The third kappa shape index (κ3) is 3.83. The Morgan fingerprint density at radius 3 is 2.81 bits per heavy atom. The van der Waals surface area contributed by atoms with Crippen molar-refractivity contribution >= 4 is 51.7 Å². The van der Waals surface area contributed by atoms with Gasteiger partial charge in [-0.1, -0.05) is 29.8 Å². The van der Waals surface area contributed by atoms with Crippen LogP contribution in [0.1, 0.15) is 24.7 Å². The fourth-order valence-electron chi connectivity index (χ4n) is 3.48. The second-order valence-electron chi connectivity index (χ2n) is 6.93. The van der Waals surface area contributed by atoms with Crippen LogP contribution in [0.4, 0.5) is 5.69 Å². The third-order valence-electron chi connectivity index (χ3n) is 5.01. The fraction of sp³-hybridized carbons (Fsp3) is 0.182. The van der Waals surface area contributed by atoms with Gasteiger partial charge in [0.1, 0.15) is 5.82 Å². The minimum absolute atomic E-state index is 0.0567. The number of hydrazine groups is 1. The lowest BCUT2D eigenvalue weighted by Gasteiger charge is -2.16. The fourth-order valence-corrected chi connectivity index (χ4v) is 3.67. The predicted molar refractivity (Wildman–Crippen MR) is 118 cm³/mol. The van der Waals surface area contributed by atoms with Gasteiger partial charge in [-0.25, -0.2) is 20.6 Å². The number of nitrogens with zero attached hydrogens (tertiary/aromatic N) is 3. The Morgan fingerprint density at radius 1 is 1.29 bits per heavy atom. The molecule has 8 nitrogen and oxygen atoms in total. The lowest BCUT2D eigenvalue weighted by Crippen LogP contribution is -2.43. The quantitative estimate of drug-likeness (QED) is 0.221. The highest BCUT2D eigenvalue weighted by Crippen LogP contribution is 2.30. The van der Waals surface area contributed by atoms with Crippen LogP contribution in [-0.4, -0.2) is 28.0 Å². The molecule has 0 spiro atoms. The Morgan fingerprint density at radius 2 is 2.06 bits per heavy atom. The van der Waals surface area contributed by atoms with E-state index < -0.39 is 11.9 Å². The molecule has 1 aliphatic heterocycles.